The molecule has 0 fully saturated rings. The van der Waals surface area contributed by atoms with Crippen molar-refractivity contribution >= 4 is 12.3 Å². The minimum Gasteiger partial charge on any atom is -0.330 e. The minimum atomic E-state index is 0.702. The molecule has 0 aliphatic rings. The molecule has 13 heavy (non-hydrogen) atoms. The fourth-order valence-electron chi connectivity index (χ4n) is 1.14. The average Bonchev–Trinajstić information content (AvgIpc) is 2.41. The van der Waals surface area contributed by atoms with E-state index < -0.39 is 0 Å². The molecule has 0 aliphatic carbocycles. The Morgan fingerprint density at radius 1 is 1.54 bits per heavy atom. The van der Waals surface area contributed by atoms with Gasteiger partial charge < -0.3 is 9.98 Å². The Morgan fingerprint density at radius 3 is 2.69 bits per heavy atom. The lowest BCUT2D eigenvalue weighted by Crippen LogP contribution is -1.96. The molecule has 0 saturated carbocycles. The lowest BCUT2D eigenvalue weighted by atomic mass is 10.3. The summed E-state index contributed by atoms with van der Waals surface area (Å²) in [5.41, 5.74) is 2.06. The number of hydrogen-bond donors (Lipinski definition) is 1. The van der Waals surface area contributed by atoms with Gasteiger partial charge in [0.25, 0.3) is 0 Å². The first-order valence-electron chi connectivity index (χ1n) is 4.41. The molecular formula is C10H15N3. The third-order valence-corrected chi connectivity index (χ3v) is 2.09. The van der Waals surface area contributed by atoms with Crippen LogP contribution in [0.4, 0.5) is 0 Å². The SMILES string of the molecule is CC/C=C\c1nc(C=N)n(C)c1C. The highest BCUT2D eigenvalue weighted by atomic mass is 15.1. The fourth-order valence-corrected chi connectivity index (χ4v) is 1.14. The molecule has 1 rings (SSSR count). The summed E-state index contributed by atoms with van der Waals surface area (Å²) in [6, 6.07) is 0. The van der Waals surface area contributed by atoms with E-state index in [1.54, 1.807) is 0 Å². The number of nitrogens with one attached hydrogen (secondary N) is 1. The zero-order chi connectivity index (χ0) is 9.84. The van der Waals surface area contributed by atoms with E-state index in [1.165, 1.54) is 6.21 Å². The highest BCUT2D eigenvalue weighted by molar-refractivity contribution is 5.73. The minimum absolute atomic E-state index is 0.702. The van der Waals surface area contributed by atoms with Crippen molar-refractivity contribution < 1.29 is 0 Å². The van der Waals surface area contributed by atoms with Gasteiger partial charge in [0.15, 0.2) is 5.82 Å². The van der Waals surface area contributed by atoms with Gasteiger partial charge in [0.1, 0.15) is 0 Å². The normalized spacial score (nSPS) is 11.0. The van der Waals surface area contributed by atoms with Crippen molar-refractivity contribution in [1.82, 2.24) is 9.55 Å². The number of aromatic nitrogens is 2. The third kappa shape index (κ3) is 1.86. The predicted octanol–water partition coefficient (Wildman–Crippen LogP) is 2.15. The summed E-state index contributed by atoms with van der Waals surface area (Å²) in [5.74, 6) is 0.702. The van der Waals surface area contributed by atoms with Gasteiger partial charge in [0, 0.05) is 12.7 Å². The summed E-state index contributed by atoms with van der Waals surface area (Å²) in [6.07, 6.45) is 6.36. The highest BCUT2D eigenvalue weighted by Crippen LogP contribution is 2.09. The summed E-state index contributed by atoms with van der Waals surface area (Å²) in [4.78, 5) is 4.30. The molecular weight excluding hydrogens is 162 g/mol. The summed E-state index contributed by atoms with van der Waals surface area (Å²) >= 11 is 0. The van der Waals surface area contributed by atoms with Crippen molar-refractivity contribution in [3.63, 3.8) is 0 Å². The van der Waals surface area contributed by atoms with E-state index in [0.29, 0.717) is 5.82 Å². The smallest absolute Gasteiger partial charge is 0.151 e. The molecule has 0 amide bonds. The van der Waals surface area contributed by atoms with Gasteiger partial charge in [0.2, 0.25) is 0 Å². The maximum absolute atomic E-state index is 7.14. The topological polar surface area (TPSA) is 41.7 Å². The molecule has 0 spiro atoms. The van der Waals surface area contributed by atoms with E-state index in [0.717, 1.165) is 17.8 Å². The molecule has 1 aromatic heterocycles. The number of allylic oxidation sites excluding steroid dienone is 1. The number of nitrogens with zero attached hydrogens (tertiary/aromatic N) is 2. The Bertz CT molecular complexity index is 334. The monoisotopic (exact) mass is 177 g/mol. The molecule has 0 radical (unpaired) electrons. The molecule has 1 heterocycles. The Balaban J connectivity index is 3.09. The second-order valence-electron chi connectivity index (χ2n) is 2.95. The molecule has 1 N–H and O–H groups in total. The molecule has 3 heteroatoms. The van der Waals surface area contributed by atoms with Crippen LogP contribution in [0.5, 0.6) is 0 Å². The van der Waals surface area contributed by atoms with E-state index in [9.17, 15) is 0 Å². The lowest BCUT2D eigenvalue weighted by molar-refractivity contribution is 0.863. The standard InChI is InChI=1S/C10H15N3/c1-4-5-6-9-8(2)13(3)10(7-11)12-9/h5-7,11H,4H2,1-3H3/b6-5-,11-7?. The van der Waals surface area contributed by atoms with Crippen LogP contribution in [-0.2, 0) is 7.05 Å². The summed E-state index contributed by atoms with van der Waals surface area (Å²) in [6.45, 7) is 4.10. The van der Waals surface area contributed by atoms with Crippen LogP contribution in [0.15, 0.2) is 6.08 Å². The van der Waals surface area contributed by atoms with Gasteiger partial charge in [-0.25, -0.2) is 4.98 Å². The molecule has 0 unspecified atom stereocenters. The molecule has 0 aromatic carbocycles. The first-order valence-corrected chi connectivity index (χ1v) is 4.41. The van der Waals surface area contributed by atoms with Crippen molar-refractivity contribution in [3.8, 4) is 0 Å². The van der Waals surface area contributed by atoms with Crippen LogP contribution < -0.4 is 0 Å². The van der Waals surface area contributed by atoms with Crippen molar-refractivity contribution in [2.24, 2.45) is 7.05 Å². The molecule has 3 nitrogen and oxygen atoms in total. The van der Waals surface area contributed by atoms with Gasteiger partial charge in [-0.1, -0.05) is 13.0 Å². The fraction of sp³-hybridized carbons (Fsp3) is 0.400. The first-order chi connectivity index (χ1) is 6.20. The summed E-state index contributed by atoms with van der Waals surface area (Å²) < 4.78 is 1.92. The third-order valence-electron chi connectivity index (χ3n) is 2.09. The van der Waals surface area contributed by atoms with Crippen LogP contribution in [0.25, 0.3) is 6.08 Å². The van der Waals surface area contributed by atoms with Crippen LogP contribution in [0.3, 0.4) is 0 Å². The number of imidazole rings is 1. The van der Waals surface area contributed by atoms with E-state index in [1.807, 2.05) is 24.6 Å². The largest absolute Gasteiger partial charge is 0.330 e. The Hall–Kier alpha value is -1.38. The van der Waals surface area contributed by atoms with Gasteiger partial charge in [-0.2, -0.15) is 0 Å². The van der Waals surface area contributed by atoms with Gasteiger partial charge in [-0.3, -0.25) is 0 Å². The van der Waals surface area contributed by atoms with E-state index >= 15 is 0 Å². The van der Waals surface area contributed by atoms with Crippen LogP contribution in [0.1, 0.15) is 30.6 Å². The summed E-state index contributed by atoms with van der Waals surface area (Å²) in [7, 11) is 1.92. The van der Waals surface area contributed by atoms with Crippen LogP contribution in [0, 0.1) is 12.3 Å². The first kappa shape index (κ1) is 9.71. The lowest BCUT2D eigenvalue weighted by Gasteiger charge is -1.95. The molecule has 0 bridgehead atoms. The second kappa shape index (κ2) is 4.03. The van der Waals surface area contributed by atoms with Crippen LogP contribution in [0.2, 0.25) is 0 Å². The summed E-state index contributed by atoms with van der Waals surface area (Å²) in [5, 5.41) is 7.14. The predicted molar refractivity (Wildman–Crippen MR) is 55.2 cm³/mol. The zero-order valence-corrected chi connectivity index (χ0v) is 8.33. The van der Waals surface area contributed by atoms with Crippen molar-refractivity contribution in [2.45, 2.75) is 20.3 Å². The number of hydrogen-bond acceptors (Lipinski definition) is 2. The Kier molecular flexibility index (Phi) is 3.01. The van der Waals surface area contributed by atoms with Gasteiger partial charge in [-0.15, -0.1) is 0 Å². The van der Waals surface area contributed by atoms with Crippen molar-refractivity contribution in [3.05, 3.63) is 23.3 Å². The molecule has 70 valence electrons. The van der Waals surface area contributed by atoms with E-state index in [4.69, 9.17) is 5.41 Å². The van der Waals surface area contributed by atoms with E-state index in [-0.39, 0.29) is 0 Å². The van der Waals surface area contributed by atoms with Crippen LogP contribution in [-0.4, -0.2) is 15.8 Å². The highest BCUT2D eigenvalue weighted by Gasteiger charge is 2.05. The molecule has 0 aliphatic heterocycles. The van der Waals surface area contributed by atoms with Crippen molar-refractivity contribution in [1.29, 1.82) is 5.41 Å². The van der Waals surface area contributed by atoms with Gasteiger partial charge in [-0.05, 0) is 19.4 Å². The second-order valence-corrected chi connectivity index (χ2v) is 2.95. The number of rotatable bonds is 3. The van der Waals surface area contributed by atoms with Gasteiger partial charge in [0.05, 0.1) is 11.9 Å². The Labute approximate surface area is 78.6 Å². The molecule has 1 aromatic rings. The quantitative estimate of drug-likeness (QED) is 0.706. The molecule has 0 saturated heterocycles. The van der Waals surface area contributed by atoms with Crippen LogP contribution >= 0.6 is 0 Å². The Morgan fingerprint density at radius 2 is 2.23 bits per heavy atom. The maximum atomic E-state index is 7.14. The average molecular weight is 177 g/mol. The zero-order valence-electron chi connectivity index (χ0n) is 8.33. The van der Waals surface area contributed by atoms with Gasteiger partial charge >= 0.3 is 0 Å². The van der Waals surface area contributed by atoms with Crippen molar-refractivity contribution in [2.75, 3.05) is 0 Å². The van der Waals surface area contributed by atoms with E-state index in [2.05, 4.69) is 18.0 Å². The molecule has 0 atom stereocenters. The maximum Gasteiger partial charge on any atom is 0.151 e.